The Balaban J connectivity index is 0.814. The summed E-state index contributed by atoms with van der Waals surface area (Å²) in [5.74, 6) is -1.52. The quantitative estimate of drug-likeness (QED) is 0.0881. The van der Waals surface area contributed by atoms with Crippen molar-refractivity contribution < 1.29 is 38.2 Å². The molecule has 3 aliphatic heterocycles. The number of aryl methyl sites for hydroxylation is 1. The lowest BCUT2D eigenvalue weighted by Crippen LogP contribution is -2.54. The van der Waals surface area contributed by atoms with Gasteiger partial charge in [-0.05, 0) is 68.7 Å². The second kappa shape index (κ2) is 19.5. The second-order valence-electron chi connectivity index (χ2n) is 15.6. The van der Waals surface area contributed by atoms with E-state index in [1.54, 1.807) is 13.2 Å². The summed E-state index contributed by atoms with van der Waals surface area (Å²) < 4.78 is 13.2. The highest BCUT2D eigenvalue weighted by molar-refractivity contribution is 6.30. The Hall–Kier alpha value is -6.42. The average molecular weight is 865 g/mol. The van der Waals surface area contributed by atoms with Gasteiger partial charge in [0.05, 0.1) is 35.6 Å². The zero-order valence-electron chi connectivity index (χ0n) is 34.9. The summed E-state index contributed by atoms with van der Waals surface area (Å²) in [6.45, 7) is 4.39. The van der Waals surface area contributed by atoms with E-state index in [4.69, 9.17) is 26.1 Å². The molecule has 1 unspecified atom stereocenters. The van der Waals surface area contributed by atoms with E-state index < -0.39 is 41.6 Å². The molecule has 16 nitrogen and oxygen atoms in total. The third kappa shape index (κ3) is 9.39. The molecule has 324 valence electrons. The monoisotopic (exact) mass is 864 g/mol. The number of fused-ring (bicyclic) bond motifs is 4. The van der Waals surface area contributed by atoms with Crippen LogP contribution in [0.5, 0.6) is 11.5 Å². The van der Waals surface area contributed by atoms with Crippen LogP contribution in [0.25, 0.3) is 5.69 Å². The number of ether oxygens (including phenoxy) is 2. The van der Waals surface area contributed by atoms with Crippen molar-refractivity contribution in [3.05, 3.63) is 99.6 Å². The number of nitrogens with one attached hydrogen (secondary N) is 3. The van der Waals surface area contributed by atoms with E-state index in [0.29, 0.717) is 41.2 Å². The third-order valence-corrected chi connectivity index (χ3v) is 11.6. The first kappa shape index (κ1) is 43.7. The summed E-state index contributed by atoms with van der Waals surface area (Å²) in [5.41, 5.74) is 3.30. The van der Waals surface area contributed by atoms with Crippen LogP contribution in [0.1, 0.15) is 114 Å². The van der Waals surface area contributed by atoms with Crippen LogP contribution in [0.3, 0.4) is 0 Å². The number of rotatable bonds is 18. The SMILES string of the molecule is COc1ccc2c(c1)C(c1ccc(Cl)cc1)=N[C@@H]([C@@H](C)C(=O)NCCCCCCCCCNC(=O)COc1cccc3c1C(=O)N(C1CCC(=O)NC1=O)C3=O)c1nnc(C)n1-2. The molecule has 0 bridgehead atoms. The molecule has 1 fully saturated rings. The van der Waals surface area contributed by atoms with Crippen molar-refractivity contribution in [1.82, 2.24) is 35.6 Å². The van der Waals surface area contributed by atoms with E-state index in [-0.39, 0.29) is 48.1 Å². The molecule has 3 atom stereocenters. The number of carbonyl (C=O) groups excluding carboxylic acids is 6. The van der Waals surface area contributed by atoms with Crippen molar-refractivity contribution in [3.63, 3.8) is 0 Å². The van der Waals surface area contributed by atoms with Crippen LogP contribution in [0.2, 0.25) is 5.02 Å². The summed E-state index contributed by atoms with van der Waals surface area (Å²) in [6.07, 6.45) is 6.58. The van der Waals surface area contributed by atoms with Gasteiger partial charge >= 0.3 is 0 Å². The molecule has 62 heavy (non-hydrogen) atoms. The molecule has 1 aromatic heterocycles. The minimum atomic E-state index is -1.09. The predicted molar refractivity (Wildman–Crippen MR) is 229 cm³/mol. The highest BCUT2D eigenvalue weighted by Gasteiger charge is 2.46. The van der Waals surface area contributed by atoms with Gasteiger partial charge in [-0.2, -0.15) is 0 Å². The Kier molecular flexibility index (Phi) is 13.8. The Morgan fingerprint density at radius 2 is 1.60 bits per heavy atom. The van der Waals surface area contributed by atoms with E-state index in [1.165, 1.54) is 12.1 Å². The van der Waals surface area contributed by atoms with Gasteiger partial charge in [0.2, 0.25) is 17.7 Å². The van der Waals surface area contributed by atoms with Crippen molar-refractivity contribution in [3.8, 4) is 17.2 Å². The minimum Gasteiger partial charge on any atom is -0.497 e. The molecule has 0 saturated carbocycles. The fraction of sp³-hybridized carbons (Fsp3) is 0.400. The third-order valence-electron chi connectivity index (χ3n) is 11.4. The smallest absolute Gasteiger partial charge is 0.266 e. The predicted octanol–water partition coefficient (Wildman–Crippen LogP) is 5.21. The number of aliphatic imine (C=N–C) groups is 1. The molecule has 17 heteroatoms. The normalized spacial score (nSPS) is 17.3. The molecular formula is C45H49ClN8O8. The van der Waals surface area contributed by atoms with Gasteiger partial charge in [-0.1, -0.05) is 68.8 Å². The molecule has 0 radical (unpaired) electrons. The maximum Gasteiger partial charge on any atom is 0.266 e. The number of nitrogens with zero attached hydrogens (tertiary/aromatic N) is 5. The van der Waals surface area contributed by atoms with Crippen LogP contribution >= 0.6 is 11.6 Å². The van der Waals surface area contributed by atoms with Crippen LogP contribution in [-0.2, 0) is 19.2 Å². The van der Waals surface area contributed by atoms with Crippen LogP contribution in [0.4, 0.5) is 0 Å². The molecule has 1 saturated heterocycles. The number of aromatic nitrogens is 3. The number of amides is 6. The number of unbranched alkanes of at least 4 members (excludes halogenated alkanes) is 6. The number of hydrogen-bond acceptors (Lipinski definition) is 11. The van der Waals surface area contributed by atoms with E-state index in [0.717, 1.165) is 66.7 Å². The molecule has 3 N–H and O–H groups in total. The number of piperidine rings is 1. The van der Waals surface area contributed by atoms with Gasteiger partial charge in [0.15, 0.2) is 12.4 Å². The maximum absolute atomic E-state index is 13.6. The van der Waals surface area contributed by atoms with Crippen molar-refractivity contribution in [1.29, 1.82) is 0 Å². The number of methoxy groups -OCH3 is 1. The number of imide groups is 2. The molecule has 4 aromatic rings. The van der Waals surface area contributed by atoms with E-state index in [2.05, 4.69) is 26.1 Å². The fourth-order valence-electron chi connectivity index (χ4n) is 8.01. The lowest BCUT2D eigenvalue weighted by atomic mass is 9.98. The van der Waals surface area contributed by atoms with Gasteiger partial charge in [0.1, 0.15) is 29.4 Å². The van der Waals surface area contributed by atoms with Gasteiger partial charge in [-0.3, -0.25) is 48.5 Å². The summed E-state index contributed by atoms with van der Waals surface area (Å²) in [5, 5.41) is 17.6. The first-order valence-electron chi connectivity index (χ1n) is 20.9. The van der Waals surface area contributed by atoms with Gasteiger partial charge in [0, 0.05) is 35.7 Å². The number of halogens is 1. The molecule has 6 amide bonds. The zero-order chi connectivity index (χ0) is 43.9. The summed E-state index contributed by atoms with van der Waals surface area (Å²) in [6, 6.07) is 16.0. The van der Waals surface area contributed by atoms with Gasteiger partial charge in [0.25, 0.3) is 17.7 Å². The van der Waals surface area contributed by atoms with Crippen LogP contribution in [-0.4, -0.2) is 93.7 Å². The minimum absolute atomic E-state index is 0.00393. The zero-order valence-corrected chi connectivity index (χ0v) is 35.6. The lowest BCUT2D eigenvalue weighted by molar-refractivity contribution is -0.136. The number of carbonyl (C=O) groups is 6. The second-order valence-corrected chi connectivity index (χ2v) is 16.0. The van der Waals surface area contributed by atoms with Gasteiger partial charge in [-0.25, -0.2) is 0 Å². The number of benzene rings is 3. The molecule has 0 spiro atoms. The Morgan fingerprint density at radius 1 is 0.887 bits per heavy atom. The summed E-state index contributed by atoms with van der Waals surface area (Å²) in [4.78, 5) is 82.5. The largest absolute Gasteiger partial charge is 0.497 e. The lowest BCUT2D eigenvalue weighted by Gasteiger charge is -2.27. The Labute approximate surface area is 363 Å². The molecule has 3 aromatic carbocycles. The topological polar surface area (TPSA) is 203 Å². The highest BCUT2D eigenvalue weighted by atomic mass is 35.5. The van der Waals surface area contributed by atoms with Crippen LogP contribution < -0.4 is 25.4 Å². The van der Waals surface area contributed by atoms with E-state index in [1.807, 2.05) is 60.9 Å². The standard InChI is InChI=1S/C45H49ClN8O8/c1-26(39-41-52-51-27(2)53(41)33-19-18-30(61-3)24-32(33)40(50-39)28-14-16-29(46)17-15-28)42(57)48-23-10-8-6-4-5-7-9-22-47-37(56)25-62-35-13-11-12-31-38(35)45(60)54(44(31)59)34-20-21-36(55)49-43(34)58/h11-19,24,26,34,39H,4-10,20-23,25H2,1-3H3,(H,47,56)(H,48,57)(H,49,55,58)/t26-,34?,39+/m1/s1. The van der Waals surface area contributed by atoms with Crippen LogP contribution in [0.15, 0.2) is 65.7 Å². The van der Waals surface area contributed by atoms with Crippen LogP contribution in [0, 0.1) is 12.8 Å². The number of hydrogen-bond donors (Lipinski definition) is 3. The molecule has 4 heterocycles. The maximum atomic E-state index is 13.6. The van der Waals surface area contributed by atoms with Gasteiger partial charge in [-0.15, -0.1) is 10.2 Å². The summed E-state index contributed by atoms with van der Waals surface area (Å²) >= 11 is 6.24. The highest BCUT2D eigenvalue weighted by Crippen LogP contribution is 2.37. The van der Waals surface area contributed by atoms with E-state index in [9.17, 15) is 28.8 Å². The fourth-order valence-corrected chi connectivity index (χ4v) is 8.14. The first-order chi connectivity index (χ1) is 30.0. The van der Waals surface area contributed by atoms with Crippen molar-refractivity contribution in [2.24, 2.45) is 10.9 Å². The molecule has 3 aliphatic rings. The van der Waals surface area contributed by atoms with E-state index >= 15 is 0 Å². The first-order valence-corrected chi connectivity index (χ1v) is 21.3. The van der Waals surface area contributed by atoms with Crippen molar-refractivity contribution in [2.75, 3.05) is 26.8 Å². The van der Waals surface area contributed by atoms with Crippen molar-refractivity contribution >= 4 is 52.8 Å². The molecular weight excluding hydrogens is 816 g/mol. The molecule has 0 aliphatic carbocycles. The Morgan fingerprint density at radius 3 is 2.31 bits per heavy atom. The van der Waals surface area contributed by atoms with Gasteiger partial charge < -0.3 is 20.1 Å². The summed E-state index contributed by atoms with van der Waals surface area (Å²) in [7, 11) is 1.62. The average Bonchev–Trinajstić information content (AvgIpc) is 3.72. The Bertz CT molecular complexity index is 2410. The molecule has 7 rings (SSSR count). The van der Waals surface area contributed by atoms with Crippen molar-refractivity contribution in [2.45, 2.75) is 83.7 Å².